The third kappa shape index (κ3) is 9.55. The van der Waals surface area contributed by atoms with Crippen LogP contribution in [0.3, 0.4) is 0 Å². The van der Waals surface area contributed by atoms with Gasteiger partial charge in [0.15, 0.2) is 0 Å². The third-order valence-corrected chi connectivity index (χ3v) is 18.1. The zero-order valence-corrected chi connectivity index (χ0v) is 50.7. The van der Waals surface area contributed by atoms with Crippen LogP contribution in [0.25, 0.3) is 147 Å². The van der Waals surface area contributed by atoms with Crippen LogP contribution in [0.4, 0.5) is 0 Å². The molecule has 0 atom stereocenters. The van der Waals surface area contributed by atoms with Crippen molar-refractivity contribution in [3.63, 3.8) is 0 Å². The van der Waals surface area contributed by atoms with Gasteiger partial charge in [-0.3, -0.25) is 0 Å². The highest BCUT2D eigenvalue weighted by Crippen LogP contribution is 2.39. The summed E-state index contributed by atoms with van der Waals surface area (Å²) in [6.45, 7) is 0. The molecular weight excluding hydrogens is 1190 g/mol. The summed E-state index contributed by atoms with van der Waals surface area (Å²) >= 11 is 2.38. The second-order valence-electron chi connectivity index (χ2n) is 22.5. The van der Waals surface area contributed by atoms with Crippen molar-refractivity contribution < 1.29 is 0 Å². The number of hydrogen-bond acceptors (Lipinski definition) is 0. The van der Waals surface area contributed by atoms with Gasteiger partial charge in [-0.1, -0.05) is 243 Å². The van der Waals surface area contributed by atoms with E-state index >= 15 is 0 Å². The Kier molecular flexibility index (Phi) is 13.8. The van der Waals surface area contributed by atoms with Gasteiger partial charge in [0.2, 0.25) is 0 Å². The molecule has 0 spiro atoms. The first-order valence-corrected chi connectivity index (χ1v) is 31.4. The van der Waals surface area contributed by atoms with Crippen LogP contribution in [-0.4, -0.2) is 18.7 Å². The van der Waals surface area contributed by atoms with Crippen LogP contribution in [0.15, 0.2) is 340 Å². The Morgan fingerprint density at radius 3 is 0.809 bits per heavy atom. The maximum Gasteiger partial charge on any atom is 0.0542 e. The lowest BCUT2D eigenvalue weighted by Crippen LogP contribution is -1.98. The molecule has 5 heteroatoms. The summed E-state index contributed by atoms with van der Waals surface area (Å²) in [5.41, 5.74) is 13.0. The number of rotatable bonds is 3. The number of H-pyrrole nitrogens is 1. The fraction of sp³-hybridized carbons (Fsp3) is 0. The molecule has 0 radical (unpaired) electrons. The van der Waals surface area contributed by atoms with E-state index in [9.17, 15) is 0 Å². The number of para-hydroxylation sites is 8. The first-order chi connectivity index (χ1) is 44.1. The predicted molar refractivity (Wildman–Crippen MR) is 390 cm³/mol. The molecule has 4 heterocycles. The molecule has 4 nitrogen and oxygen atoms in total. The first kappa shape index (κ1) is 53.5. The number of fused-ring (bicyclic) bond motifs is 20. The molecule has 89 heavy (non-hydrogen) atoms. The molecule has 18 aromatic rings. The second kappa shape index (κ2) is 23.0. The monoisotopic (exact) mass is 1250 g/mol. The lowest BCUT2D eigenvalue weighted by atomic mass is 10.0. The molecule has 18 rings (SSSR count). The number of nitrogens with zero attached hydrogens (tertiary/aromatic N) is 3. The van der Waals surface area contributed by atoms with Gasteiger partial charge in [-0.25, -0.2) is 0 Å². The van der Waals surface area contributed by atoms with Crippen molar-refractivity contribution in [1.29, 1.82) is 0 Å². The maximum atomic E-state index is 3.66. The molecule has 0 aliphatic rings. The van der Waals surface area contributed by atoms with E-state index in [1.807, 2.05) is 0 Å². The van der Waals surface area contributed by atoms with E-state index in [2.05, 4.69) is 381 Å². The van der Waals surface area contributed by atoms with Gasteiger partial charge in [-0.2, -0.15) is 0 Å². The molecule has 0 saturated heterocycles. The minimum Gasteiger partial charge on any atom is -0.355 e. The van der Waals surface area contributed by atoms with Crippen LogP contribution < -0.4 is 0 Å². The van der Waals surface area contributed by atoms with E-state index in [1.165, 1.54) is 118 Å². The summed E-state index contributed by atoms with van der Waals surface area (Å²) in [6, 6.07) is 122. The summed E-state index contributed by atoms with van der Waals surface area (Å²) in [7, 11) is 0. The van der Waals surface area contributed by atoms with Crippen LogP contribution in [-0.2, 0) is 0 Å². The van der Waals surface area contributed by atoms with E-state index < -0.39 is 0 Å². The lowest BCUT2D eigenvalue weighted by Gasteiger charge is -2.14. The molecule has 0 amide bonds. The molecule has 420 valence electrons. The van der Waals surface area contributed by atoms with Gasteiger partial charge < -0.3 is 18.7 Å². The van der Waals surface area contributed by atoms with Gasteiger partial charge >= 0.3 is 0 Å². The lowest BCUT2D eigenvalue weighted by molar-refractivity contribution is 1.16. The van der Waals surface area contributed by atoms with Crippen molar-refractivity contribution >= 4 is 153 Å². The maximum absolute atomic E-state index is 3.66. The van der Waals surface area contributed by atoms with E-state index in [-0.39, 0.29) is 0 Å². The van der Waals surface area contributed by atoms with Gasteiger partial charge in [0.05, 0.1) is 33.1 Å². The molecule has 0 saturated carbocycles. The number of hydrogen-bond donors (Lipinski definition) is 1. The number of aromatic nitrogens is 4. The first-order valence-electron chi connectivity index (χ1n) is 30.3. The van der Waals surface area contributed by atoms with E-state index in [0.29, 0.717) is 0 Å². The SMILES string of the molecule is Ic1ccc2c(c1)c1ccccc1n2-c1ccccc1.c1ccc(-n2c3ccccc3c3cc(-n4c5ccccc5c5ccccc5c5ccccc5c5ccccc54)ccc32)cc1.c1ccc2c(c1)[nH]c1ccccc1c1ccccc1c1ccccc21. The van der Waals surface area contributed by atoms with Gasteiger partial charge in [-0.15, -0.1) is 0 Å². The summed E-state index contributed by atoms with van der Waals surface area (Å²) in [5.74, 6) is 0. The Bertz CT molecular complexity index is 5690. The van der Waals surface area contributed by atoms with Crippen molar-refractivity contribution in [2.45, 2.75) is 0 Å². The summed E-state index contributed by atoms with van der Waals surface area (Å²) in [5, 5.41) is 20.0. The average Bonchev–Trinajstić information content (AvgIpc) is 3.93. The topological polar surface area (TPSA) is 30.6 Å². The van der Waals surface area contributed by atoms with Crippen LogP contribution in [0, 0.1) is 3.57 Å². The molecule has 14 aromatic carbocycles. The van der Waals surface area contributed by atoms with Crippen LogP contribution >= 0.6 is 22.6 Å². The van der Waals surface area contributed by atoms with Gasteiger partial charge in [0.25, 0.3) is 0 Å². The Morgan fingerprint density at radius 2 is 0.427 bits per heavy atom. The largest absolute Gasteiger partial charge is 0.355 e. The normalized spacial score (nSPS) is 11.4. The highest BCUT2D eigenvalue weighted by atomic mass is 127. The molecule has 0 bridgehead atoms. The van der Waals surface area contributed by atoms with Crippen LogP contribution in [0.1, 0.15) is 0 Å². The van der Waals surface area contributed by atoms with Crippen molar-refractivity contribution in [1.82, 2.24) is 18.7 Å². The molecular formula is C84H57IN4. The van der Waals surface area contributed by atoms with E-state index in [0.717, 1.165) is 33.4 Å². The number of halogens is 1. The van der Waals surface area contributed by atoms with Crippen LogP contribution in [0.5, 0.6) is 0 Å². The molecule has 1 N–H and O–H groups in total. The molecule has 0 aliphatic carbocycles. The van der Waals surface area contributed by atoms with Gasteiger partial charge in [0.1, 0.15) is 0 Å². The standard InChI is InChI=1S/C42H28N2.C24H17N.C18H12IN/c1-2-14-29(15-3-1)43-41-25-13-10-22-37(41)38-28-30(26-27-42(38)43)44-39-23-11-8-20-35(39)33-18-6-4-16-31(33)32-17-5-7-19-34(32)36-21-9-12-24-40(36)44;1-3-11-19-17(9-1)18-10-2-4-12-20(18)22-14-6-8-16-24(22)25-23-15-7-5-13-21(19)23;19-13-10-11-18-16(12-13)15-8-4-5-9-17(15)20(18)14-6-2-1-3-7-14/h1-28H;1-16,25H;1-12H. The van der Waals surface area contributed by atoms with Crippen molar-refractivity contribution in [3.05, 3.63) is 343 Å². The predicted octanol–water partition coefficient (Wildman–Crippen LogP) is 23.5. The quantitative estimate of drug-likeness (QED) is 0.171. The Labute approximate surface area is 528 Å². The number of nitrogens with one attached hydrogen (secondary N) is 1. The summed E-state index contributed by atoms with van der Waals surface area (Å²) < 4.78 is 8.44. The fourth-order valence-electron chi connectivity index (χ4n) is 13.6. The van der Waals surface area contributed by atoms with E-state index in [1.54, 1.807) is 0 Å². The smallest absolute Gasteiger partial charge is 0.0542 e. The number of aromatic amines is 1. The van der Waals surface area contributed by atoms with E-state index in [4.69, 9.17) is 0 Å². The average molecular weight is 1250 g/mol. The molecule has 0 unspecified atom stereocenters. The Balaban J connectivity index is 0.000000119. The van der Waals surface area contributed by atoms with Crippen LogP contribution in [0.2, 0.25) is 0 Å². The van der Waals surface area contributed by atoms with Gasteiger partial charge in [-0.05, 0) is 163 Å². The molecule has 4 aromatic heterocycles. The van der Waals surface area contributed by atoms with Crippen molar-refractivity contribution in [2.75, 3.05) is 0 Å². The molecule has 0 fully saturated rings. The third-order valence-electron chi connectivity index (χ3n) is 17.4. The molecule has 0 aliphatic heterocycles. The minimum absolute atomic E-state index is 1.13. The second-order valence-corrected chi connectivity index (χ2v) is 23.8. The zero-order valence-electron chi connectivity index (χ0n) is 48.6. The summed E-state index contributed by atoms with van der Waals surface area (Å²) in [6.07, 6.45) is 0. The zero-order chi connectivity index (χ0) is 59.2. The minimum atomic E-state index is 1.13. The highest BCUT2D eigenvalue weighted by Gasteiger charge is 2.17. The Hall–Kier alpha value is -11.0. The highest BCUT2D eigenvalue weighted by molar-refractivity contribution is 14.1. The van der Waals surface area contributed by atoms with Crippen molar-refractivity contribution in [2.24, 2.45) is 0 Å². The van der Waals surface area contributed by atoms with Gasteiger partial charge in [0, 0.05) is 74.8 Å². The summed E-state index contributed by atoms with van der Waals surface area (Å²) in [4.78, 5) is 3.66. The van der Waals surface area contributed by atoms with Crippen molar-refractivity contribution in [3.8, 4) is 17.1 Å². The fourth-order valence-corrected chi connectivity index (χ4v) is 14.1. The Morgan fingerprint density at radius 1 is 0.180 bits per heavy atom. The number of benzene rings is 14.